The second-order valence-corrected chi connectivity index (χ2v) is 7.00. The molecule has 0 saturated carbocycles. The van der Waals surface area contributed by atoms with Crippen LogP contribution in [-0.2, 0) is 19.6 Å². The number of carboxylic acids is 1. The van der Waals surface area contributed by atoms with Gasteiger partial charge in [0.25, 0.3) is 0 Å². The Morgan fingerprint density at radius 1 is 1.00 bits per heavy atom. The van der Waals surface area contributed by atoms with E-state index in [0.29, 0.717) is 30.2 Å². The molecule has 2 N–H and O–H groups in total. The van der Waals surface area contributed by atoms with Gasteiger partial charge in [-0.15, -0.1) is 0 Å². The highest BCUT2D eigenvalue weighted by atomic mass is 35.5. The highest BCUT2D eigenvalue weighted by molar-refractivity contribution is 6.31. The Bertz CT molecular complexity index is 948. The van der Waals surface area contributed by atoms with E-state index in [9.17, 15) is 9.90 Å². The minimum absolute atomic E-state index is 0.375. The Morgan fingerprint density at radius 3 is 2.33 bits per heavy atom. The topological polar surface area (TPSA) is 54.3 Å². The van der Waals surface area contributed by atoms with Crippen molar-refractivity contribution in [3.8, 4) is 0 Å². The fourth-order valence-corrected chi connectivity index (χ4v) is 3.61. The Kier molecular flexibility index (Phi) is 5.99. The maximum Gasteiger partial charge on any atom is 0.337 e. The lowest BCUT2D eigenvalue weighted by molar-refractivity contribution is 0.0694. The number of halogens is 1. The molecule has 1 heterocycles. The second kappa shape index (κ2) is 8.42. The van der Waals surface area contributed by atoms with Gasteiger partial charge >= 0.3 is 5.97 Å². The number of nitrogens with one attached hydrogen (secondary N) is 1. The summed E-state index contributed by atoms with van der Waals surface area (Å²) in [6.45, 7) is 5.56. The number of aromatic nitrogens is 1. The monoisotopic (exact) mass is 382 g/mol. The molecule has 3 rings (SSSR count). The molecule has 0 amide bonds. The van der Waals surface area contributed by atoms with Crippen LogP contribution >= 0.6 is 11.6 Å². The van der Waals surface area contributed by atoms with E-state index in [1.54, 1.807) is 0 Å². The molecule has 0 bridgehead atoms. The van der Waals surface area contributed by atoms with Gasteiger partial charge in [0.15, 0.2) is 0 Å². The van der Waals surface area contributed by atoms with Gasteiger partial charge in [-0.1, -0.05) is 60.1 Å². The first-order chi connectivity index (χ1) is 13.0. The third-order valence-electron chi connectivity index (χ3n) is 4.88. The van der Waals surface area contributed by atoms with E-state index in [1.807, 2.05) is 73.0 Å². The van der Waals surface area contributed by atoms with Gasteiger partial charge < -0.3 is 15.0 Å². The summed E-state index contributed by atoms with van der Waals surface area (Å²) in [6.07, 6.45) is 0. The van der Waals surface area contributed by atoms with E-state index < -0.39 is 5.97 Å². The maximum atomic E-state index is 11.9. The van der Waals surface area contributed by atoms with Crippen molar-refractivity contribution < 1.29 is 9.90 Å². The van der Waals surface area contributed by atoms with Gasteiger partial charge in [0.2, 0.25) is 0 Å². The van der Waals surface area contributed by atoms with Gasteiger partial charge in [-0.3, -0.25) is 0 Å². The number of rotatable bonds is 7. The van der Waals surface area contributed by atoms with Gasteiger partial charge in [0.1, 0.15) is 0 Å². The summed E-state index contributed by atoms with van der Waals surface area (Å²) in [5, 5.41) is 13.8. The SMILES string of the molecule is Cc1c(CNCc2ccccc2)c(C(=O)O)c(C)n1Cc1ccccc1Cl. The van der Waals surface area contributed by atoms with E-state index >= 15 is 0 Å². The molecular weight excluding hydrogens is 360 g/mol. The van der Waals surface area contributed by atoms with Crippen LogP contribution < -0.4 is 5.32 Å². The number of hydrogen-bond acceptors (Lipinski definition) is 2. The van der Waals surface area contributed by atoms with E-state index in [0.717, 1.165) is 22.5 Å². The predicted molar refractivity (Wildman–Crippen MR) is 108 cm³/mol. The lowest BCUT2D eigenvalue weighted by atomic mass is 10.1. The van der Waals surface area contributed by atoms with Crippen molar-refractivity contribution in [1.82, 2.24) is 9.88 Å². The van der Waals surface area contributed by atoms with Crippen molar-refractivity contribution in [3.05, 3.63) is 93.3 Å². The Labute approximate surface area is 164 Å². The smallest absolute Gasteiger partial charge is 0.337 e. The average molecular weight is 383 g/mol. The summed E-state index contributed by atoms with van der Waals surface area (Å²) in [5.41, 5.74) is 5.03. The van der Waals surface area contributed by atoms with Crippen LogP contribution in [0.2, 0.25) is 5.02 Å². The standard InChI is InChI=1S/C22H23ClN2O2/c1-15-19(13-24-12-17-8-4-3-5-9-17)21(22(26)27)16(2)25(15)14-18-10-6-7-11-20(18)23/h3-11,24H,12-14H2,1-2H3,(H,26,27). The molecular formula is C22H23ClN2O2. The summed E-state index contributed by atoms with van der Waals surface area (Å²) in [6, 6.07) is 17.7. The fourth-order valence-electron chi connectivity index (χ4n) is 3.41. The zero-order valence-corrected chi connectivity index (χ0v) is 16.3. The molecule has 0 fully saturated rings. The molecule has 0 aliphatic rings. The van der Waals surface area contributed by atoms with Crippen molar-refractivity contribution in [2.45, 2.75) is 33.5 Å². The minimum Gasteiger partial charge on any atom is -0.478 e. The van der Waals surface area contributed by atoms with Crippen molar-refractivity contribution >= 4 is 17.6 Å². The van der Waals surface area contributed by atoms with Gasteiger partial charge in [-0.05, 0) is 31.0 Å². The zero-order chi connectivity index (χ0) is 19.4. The normalized spacial score (nSPS) is 10.9. The first-order valence-corrected chi connectivity index (χ1v) is 9.26. The summed E-state index contributed by atoms with van der Waals surface area (Å²) >= 11 is 6.30. The molecule has 0 radical (unpaired) electrons. The molecule has 0 atom stereocenters. The highest BCUT2D eigenvalue weighted by Crippen LogP contribution is 2.26. The molecule has 1 aromatic heterocycles. The molecule has 2 aromatic carbocycles. The number of aromatic carboxylic acids is 1. The van der Waals surface area contributed by atoms with Gasteiger partial charge in [-0.25, -0.2) is 4.79 Å². The first-order valence-electron chi connectivity index (χ1n) is 8.89. The molecule has 0 saturated heterocycles. The molecule has 4 nitrogen and oxygen atoms in total. The Hall–Kier alpha value is -2.56. The number of nitrogens with zero attached hydrogens (tertiary/aromatic N) is 1. The van der Waals surface area contributed by atoms with Crippen molar-refractivity contribution in [1.29, 1.82) is 0 Å². The van der Waals surface area contributed by atoms with Crippen molar-refractivity contribution in [2.24, 2.45) is 0 Å². The lowest BCUT2D eigenvalue weighted by Gasteiger charge is -2.11. The summed E-state index contributed by atoms with van der Waals surface area (Å²) in [5.74, 6) is -0.898. The highest BCUT2D eigenvalue weighted by Gasteiger charge is 2.22. The molecule has 5 heteroatoms. The van der Waals surface area contributed by atoms with Crippen LogP contribution in [0.1, 0.15) is 38.4 Å². The van der Waals surface area contributed by atoms with Crippen LogP contribution in [0.4, 0.5) is 0 Å². The van der Waals surface area contributed by atoms with Crippen LogP contribution in [-0.4, -0.2) is 15.6 Å². The second-order valence-electron chi connectivity index (χ2n) is 6.60. The van der Waals surface area contributed by atoms with Crippen molar-refractivity contribution in [3.63, 3.8) is 0 Å². The number of benzene rings is 2. The fraction of sp³-hybridized carbons (Fsp3) is 0.227. The largest absolute Gasteiger partial charge is 0.478 e. The number of carbonyl (C=O) groups is 1. The van der Waals surface area contributed by atoms with E-state index in [4.69, 9.17) is 11.6 Å². The zero-order valence-electron chi connectivity index (χ0n) is 15.5. The van der Waals surface area contributed by atoms with Gasteiger partial charge in [0.05, 0.1) is 5.56 Å². The van der Waals surface area contributed by atoms with Crippen LogP contribution in [0.3, 0.4) is 0 Å². The molecule has 0 spiro atoms. The quantitative estimate of drug-likeness (QED) is 0.617. The van der Waals surface area contributed by atoms with Crippen molar-refractivity contribution in [2.75, 3.05) is 0 Å². The van der Waals surface area contributed by atoms with Crippen LogP contribution in [0.25, 0.3) is 0 Å². The Balaban J connectivity index is 1.87. The van der Waals surface area contributed by atoms with Gasteiger partial charge in [0, 0.05) is 41.6 Å². The molecule has 27 heavy (non-hydrogen) atoms. The van der Waals surface area contributed by atoms with E-state index in [1.165, 1.54) is 5.56 Å². The third-order valence-corrected chi connectivity index (χ3v) is 5.25. The molecule has 3 aromatic rings. The summed E-state index contributed by atoms with van der Waals surface area (Å²) in [4.78, 5) is 11.9. The van der Waals surface area contributed by atoms with Crippen LogP contribution in [0.15, 0.2) is 54.6 Å². The summed E-state index contributed by atoms with van der Waals surface area (Å²) < 4.78 is 2.03. The van der Waals surface area contributed by atoms with E-state index in [-0.39, 0.29) is 0 Å². The molecule has 0 unspecified atom stereocenters. The lowest BCUT2D eigenvalue weighted by Crippen LogP contribution is -2.15. The number of hydrogen-bond donors (Lipinski definition) is 2. The molecule has 0 aliphatic heterocycles. The van der Waals surface area contributed by atoms with Crippen LogP contribution in [0.5, 0.6) is 0 Å². The molecule has 0 aliphatic carbocycles. The predicted octanol–water partition coefficient (Wildman–Crippen LogP) is 4.79. The third kappa shape index (κ3) is 4.24. The average Bonchev–Trinajstić information content (AvgIpc) is 2.89. The minimum atomic E-state index is -0.898. The van der Waals surface area contributed by atoms with E-state index in [2.05, 4.69) is 5.32 Å². The Morgan fingerprint density at radius 2 is 1.67 bits per heavy atom. The molecule has 140 valence electrons. The maximum absolute atomic E-state index is 11.9. The van der Waals surface area contributed by atoms with Gasteiger partial charge in [-0.2, -0.15) is 0 Å². The summed E-state index contributed by atoms with van der Waals surface area (Å²) in [7, 11) is 0. The van der Waals surface area contributed by atoms with Crippen LogP contribution in [0, 0.1) is 13.8 Å². The number of carboxylic acid groups (broad SMARTS) is 1. The first kappa shape index (κ1) is 19.2.